The molecule has 0 saturated carbocycles. The summed E-state index contributed by atoms with van der Waals surface area (Å²) in [6, 6.07) is 10.4. The number of aromatic hydroxyl groups is 1. The van der Waals surface area contributed by atoms with Crippen molar-refractivity contribution in [2.75, 3.05) is 5.32 Å². The SMILES string of the molecule is O=C(Nc1ccc(OC(F)(F)F)cc1)c1cccc(O)c1. The monoisotopic (exact) mass is 297 g/mol. The highest BCUT2D eigenvalue weighted by Crippen LogP contribution is 2.24. The van der Waals surface area contributed by atoms with E-state index in [1.807, 2.05) is 0 Å². The topological polar surface area (TPSA) is 58.6 Å². The van der Waals surface area contributed by atoms with Gasteiger partial charge >= 0.3 is 6.36 Å². The molecule has 2 aromatic rings. The highest BCUT2D eigenvalue weighted by Gasteiger charge is 2.30. The van der Waals surface area contributed by atoms with Crippen molar-refractivity contribution in [1.82, 2.24) is 0 Å². The first-order chi connectivity index (χ1) is 9.83. The number of ether oxygens (including phenoxy) is 1. The molecule has 1 amide bonds. The minimum Gasteiger partial charge on any atom is -0.508 e. The maximum absolute atomic E-state index is 12.0. The molecule has 2 N–H and O–H groups in total. The molecule has 0 radical (unpaired) electrons. The Hall–Kier alpha value is -2.70. The van der Waals surface area contributed by atoms with Crippen LogP contribution in [0.5, 0.6) is 11.5 Å². The van der Waals surface area contributed by atoms with Crippen molar-refractivity contribution in [3.8, 4) is 11.5 Å². The van der Waals surface area contributed by atoms with Crippen molar-refractivity contribution in [2.24, 2.45) is 0 Å². The molecule has 0 unspecified atom stereocenters. The van der Waals surface area contributed by atoms with Crippen LogP contribution in [0, 0.1) is 0 Å². The van der Waals surface area contributed by atoms with Gasteiger partial charge in [-0.25, -0.2) is 0 Å². The number of amides is 1. The van der Waals surface area contributed by atoms with Crippen LogP contribution in [0.3, 0.4) is 0 Å². The average Bonchev–Trinajstić information content (AvgIpc) is 2.39. The fourth-order valence-corrected chi connectivity index (χ4v) is 1.59. The molecule has 0 bridgehead atoms. The van der Waals surface area contributed by atoms with Gasteiger partial charge in [-0.1, -0.05) is 6.07 Å². The van der Waals surface area contributed by atoms with Crippen LogP contribution >= 0.6 is 0 Å². The van der Waals surface area contributed by atoms with Gasteiger partial charge in [-0.05, 0) is 42.5 Å². The number of carbonyl (C=O) groups is 1. The van der Waals surface area contributed by atoms with Crippen molar-refractivity contribution < 1.29 is 27.8 Å². The molecule has 2 aromatic carbocycles. The van der Waals surface area contributed by atoms with Crippen molar-refractivity contribution in [3.63, 3.8) is 0 Å². The summed E-state index contributed by atoms with van der Waals surface area (Å²) in [5.74, 6) is -0.926. The standard InChI is InChI=1S/C14H10F3NO3/c15-14(16,17)21-12-6-4-10(5-7-12)18-13(20)9-2-1-3-11(19)8-9/h1-8,19H,(H,18,20). The Morgan fingerprint density at radius 2 is 1.76 bits per heavy atom. The van der Waals surface area contributed by atoms with Crippen LogP contribution in [0.15, 0.2) is 48.5 Å². The van der Waals surface area contributed by atoms with Crippen LogP contribution in [0.1, 0.15) is 10.4 Å². The third-order valence-electron chi connectivity index (χ3n) is 2.45. The van der Waals surface area contributed by atoms with Gasteiger partial charge in [0, 0.05) is 11.3 Å². The summed E-state index contributed by atoms with van der Waals surface area (Å²) in [7, 11) is 0. The number of rotatable bonds is 3. The minimum absolute atomic E-state index is 0.0587. The van der Waals surface area contributed by atoms with E-state index in [0.29, 0.717) is 5.69 Å². The molecule has 0 fully saturated rings. The summed E-state index contributed by atoms with van der Waals surface area (Å²) in [6.45, 7) is 0. The number of alkyl halides is 3. The molecular formula is C14H10F3NO3. The van der Waals surface area contributed by atoms with Gasteiger partial charge in [-0.15, -0.1) is 13.2 Å². The number of hydrogen-bond donors (Lipinski definition) is 2. The molecule has 2 rings (SSSR count). The van der Waals surface area contributed by atoms with E-state index in [0.717, 1.165) is 12.1 Å². The molecule has 0 aromatic heterocycles. The van der Waals surface area contributed by atoms with E-state index < -0.39 is 12.3 Å². The molecule has 0 spiro atoms. The molecule has 0 aliphatic heterocycles. The maximum atomic E-state index is 12.0. The molecule has 0 heterocycles. The zero-order valence-corrected chi connectivity index (χ0v) is 10.5. The van der Waals surface area contributed by atoms with Gasteiger partial charge in [0.25, 0.3) is 5.91 Å². The summed E-state index contributed by atoms with van der Waals surface area (Å²) in [5, 5.41) is 11.8. The van der Waals surface area contributed by atoms with Gasteiger partial charge in [0.05, 0.1) is 0 Å². The van der Waals surface area contributed by atoms with E-state index in [-0.39, 0.29) is 17.1 Å². The van der Waals surface area contributed by atoms with Gasteiger partial charge in [0.2, 0.25) is 0 Å². The van der Waals surface area contributed by atoms with E-state index in [4.69, 9.17) is 0 Å². The number of phenolic OH excluding ortho intramolecular Hbond substituents is 1. The third-order valence-corrected chi connectivity index (χ3v) is 2.45. The summed E-state index contributed by atoms with van der Waals surface area (Å²) in [4.78, 5) is 11.8. The second kappa shape index (κ2) is 5.74. The van der Waals surface area contributed by atoms with Crippen molar-refractivity contribution >= 4 is 11.6 Å². The molecule has 0 saturated heterocycles. The van der Waals surface area contributed by atoms with E-state index in [9.17, 15) is 23.1 Å². The smallest absolute Gasteiger partial charge is 0.508 e. The van der Waals surface area contributed by atoms with Crippen LogP contribution < -0.4 is 10.1 Å². The summed E-state index contributed by atoms with van der Waals surface area (Å²) < 4.78 is 39.7. The van der Waals surface area contributed by atoms with E-state index in [1.165, 1.54) is 36.4 Å². The Morgan fingerprint density at radius 1 is 1.10 bits per heavy atom. The van der Waals surface area contributed by atoms with Gasteiger partial charge in [0.15, 0.2) is 0 Å². The van der Waals surface area contributed by atoms with Crippen LogP contribution in [-0.2, 0) is 0 Å². The quantitative estimate of drug-likeness (QED) is 0.911. The zero-order valence-electron chi connectivity index (χ0n) is 10.5. The Balaban J connectivity index is 2.05. The van der Waals surface area contributed by atoms with Crippen LogP contribution in [0.4, 0.5) is 18.9 Å². The fourth-order valence-electron chi connectivity index (χ4n) is 1.59. The molecule has 4 nitrogen and oxygen atoms in total. The summed E-state index contributed by atoms with van der Waals surface area (Å²) in [5.41, 5.74) is 0.531. The van der Waals surface area contributed by atoms with Crippen molar-refractivity contribution in [2.45, 2.75) is 6.36 Å². The number of carbonyl (C=O) groups excluding carboxylic acids is 1. The zero-order chi connectivity index (χ0) is 15.5. The third kappa shape index (κ3) is 4.41. The number of benzene rings is 2. The fraction of sp³-hybridized carbons (Fsp3) is 0.0714. The predicted molar refractivity (Wildman–Crippen MR) is 69.2 cm³/mol. The van der Waals surface area contributed by atoms with Gasteiger partial charge in [0.1, 0.15) is 11.5 Å². The first-order valence-electron chi connectivity index (χ1n) is 5.80. The normalized spacial score (nSPS) is 11.0. The largest absolute Gasteiger partial charge is 0.573 e. The lowest BCUT2D eigenvalue weighted by Crippen LogP contribution is -2.17. The highest BCUT2D eigenvalue weighted by molar-refractivity contribution is 6.04. The molecule has 0 aliphatic carbocycles. The lowest BCUT2D eigenvalue weighted by molar-refractivity contribution is -0.274. The van der Waals surface area contributed by atoms with Crippen LogP contribution in [0.2, 0.25) is 0 Å². The number of nitrogens with one attached hydrogen (secondary N) is 1. The number of hydrogen-bond acceptors (Lipinski definition) is 3. The number of anilines is 1. The van der Waals surface area contributed by atoms with E-state index >= 15 is 0 Å². The second-order valence-electron chi connectivity index (χ2n) is 4.08. The Bertz CT molecular complexity index is 639. The van der Waals surface area contributed by atoms with Crippen molar-refractivity contribution in [3.05, 3.63) is 54.1 Å². The minimum atomic E-state index is -4.76. The second-order valence-corrected chi connectivity index (χ2v) is 4.08. The van der Waals surface area contributed by atoms with Crippen LogP contribution in [-0.4, -0.2) is 17.4 Å². The summed E-state index contributed by atoms with van der Waals surface area (Å²) in [6.07, 6.45) is -4.76. The molecular weight excluding hydrogens is 287 g/mol. The predicted octanol–water partition coefficient (Wildman–Crippen LogP) is 3.54. The van der Waals surface area contributed by atoms with Gasteiger partial charge in [-0.3, -0.25) is 4.79 Å². The number of halogens is 3. The van der Waals surface area contributed by atoms with Crippen molar-refractivity contribution in [1.29, 1.82) is 0 Å². The van der Waals surface area contributed by atoms with E-state index in [1.54, 1.807) is 0 Å². The molecule has 7 heteroatoms. The number of phenols is 1. The molecule has 21 heavy (non-hydrogen) atoms. The highest BCUT2D eigenvalue weighted by atomic mass is 19.4. The lowest BCUT2D eigenvalue weighted by Gasteiger charge is -2.10. The van der Waals surface area contributed by atoms with Gasteiger partial charge in [-0.2, -0.15) is 0 Å². The molecule has 110 valence electrons. The Morgan fingerprint density at radius 3 is 2.33 bits per heavy atom. The lowest BCUT2D eigenvalue weighted by atomic mass is 10.2. The molecule has 0 atom stereocenters. The van der Waals surface area contributed by atoms with E-state index in [2.05, 4.69) is 10.1 Å². The first-order valence-corrected chi connectivity index (χ1v) is 5.80. The average molecular weight is 297 g/mol. The Labute approximate surface area is 117 Å². The maximum Gasteiger partial charge on any atom is 0.573 e. The Kier molecular flexibility index (Phi) is 4.02. The first kappa shape index (κ1) is 14.7. The summed E-state index contributed by atoms with van der Waals surface area (Å²) >= 11 is 0. The van der Waals surface area contributed by atoms with Gasteiger partial charge < -0.3 is 15.2 Å². The molecule has 0 aliphatic rings. The van der Waals surface area contributed by atoms with Crippen LogP contribution in [0.25, 0.3) is 0 Å².